The van der Waals surface area contributed by atoms with Crippen molar-refractivity contribution < 1.29 is 18.0 Å². The molecule has 1 heterocycles. The van der Waals surface area contributed by atoms with Crippen LogP contribution in [0.3, 0.4) is 0 Å². The van der Waals surface area contributed by atoms with E-state index in [4.69, 9.17) is 5.14 Å². The van der Waals surface area contributed by atoms with Crippen molar-refractivity contribution in [1.82, 2.24) is 15.5 Å². The summed E-state index contributed by atoms with van der Waals surface area (Å²) in [6.45, 7) is 1.03. The number of carbonyl (C=O) groups is 2. The van der Waals surface area contributed by atoms with Gasteiger partial charge in [-0.25, -0.2) is 18.4 Å². The average Bonchev–Trinajstić information content (AvgIpc) is 2.72. The second kappa shape index (κ2) is 8.02. The Morgan fingerprint density at radius 2 is 1.59 bits per heavy atom. The quantitative estimate of drug-likeness (QED) is 0.638. The molecule has 8 nitrogen and oxygen atoms in total. The number of nitrogens with one attached hydrogen (secondary N) is 2. The van der Waals surface area contributed by atoms with Crippen molar-refractivity contribution in [2.45, 2.75) is 67.8 Å². The van der Waals surface area contributed by atoms with Gasteiger partial charge in [0.2, 0.25) is 10.0 Å². The van der Waals surface area contributed by atoms with Crippen LogP contribution in [0.1, 0.15) is 61.7 Å². The molecule has 1 aromatic rings. The van der Waals surface area contributed by atoms with Gasteiger partial charge in [-0.3, -0.25) is 4.79 Å². The molecule has 5 aliphatic rings. The summed E-state index contributed by atoms with van der Waals surface area (Å²) < 4.78 is 23.1. The fourth-order valence-electron chi connectivity index (χ4n) is 6.94. The molecule has 1 aliphatic heterocycles. The van der Waals surface area contributed by atoms with Crippen LogP contribution in [0.2, 0.25) is 0 Å². The number of benzene rings is 1. The van der Waals surface area contributed by atoms with E-state index in [9.17, 15) is 18.0 Å². The van der Waals surface area contributed by atoms with Gasteiger partial charge in [-0.15, -0.1) is 0 Å². The maximum absolute atomic E-state index is 12.8. The Morgan fingerprint density at radius 1 is 1.00 bits per heavy atom. The summed E-state index contributed by atoms with van der Waals surface area (Å²) in [6, 6.07) is 5.78. The van der Waals surface area contributed by atoms with Crippen LogP contribution in [0.4, 0.5) is 4.79 Å². The lowest BCUT2D eigenvalue weighted by Crippen LogP contribution is -2.62. The van der Waals surface area contributed by atoms with Crippen molar-refractivity contribution in [3.8, 4) is 0 Å². The Balaban J connectivity index is 1.14. The number of amides is 3. The SMILES string of the molecule is NS(=O)(=O)c1cccc(C(=O)N2CCC(NC(=O)NC34CC5CC(CC(C5)C3)C4)CC2)c1. The van der Waals surface area contributed by atoms with E-state index in [1.807, 2.05) is 0 Å². The molecule has 0 atom stereocenters. The topological polar surface area (TPSA) is 122 Å². The average molecular weight is 461 g/mol. The van der Waals surface area contributed by atoms with Crippen molar-refractivity contribution in [2.75, 3.05) is 13.1 Å². The van der Waals surface area contributed by atoms with Crippen LogP contribution in [0, 0.1) is 17.8 Å². The number of hydrogen-bond donors (Lipinski definition) is 3. The van der Waals surface area contributed by atoms with Gasteiger partial charge in [0, 0.05) is 30.2 Å². The largest absolute Gasteiger partial charge is 0.338 e. The van der Waals surface area contributed by atoms with Crippen LogP contribution in [0.25, 0.3) is 0 Å². The normalized spacial score (nSPS) is 32.0. The van der Waals surface area contributed by atoms with Gasteiger partial charge in [0.15, 0.2) is 0 Å². The van der Waals surface area contributed by atoms with Gasteiger partial charge in [-0.1, -0.05) is 6.07 Å². The van der Waals surface area contributed by atoms with Gasteiger partial charge in [0.25, 0.3) is 5.91 Å². The predicted octanol–water partition coefficient (Wildman–Crippen LogP) is 2.21. The number of sulfonamides is 1. The summed E-state index contributed by atoms with van der Waals surface area (Å²) in [7, 11) is -3.86. The van der Waals surface area contributed by atoms with E-state index >= 15 is 0 Å². The van der Waals surface area contributed by atoms with Crippen molar-refractivity contribution in [3.63, 3.8) is 0 Å². The lowest BCUT2D eigenvalue weighted by molar-refractivity contribution is -0.0137. The van der Waals surface area contributed by atoms with Crippen LogP contribution in [-0.2, 0) is 10.0 Å². The molecule has 1 aromatic carbocycles. The Hall–Kier alpha value is -2.13. The molecule has 6 rings (SSSR count). The first-order chi connectivity index (χ1) is 15.2. The number of hydrogen-bond acceptors (Lipinski definition) is 4. The van der Waals surface area contributed by atoms with Crippen molar-refractivity contribution in [3.05, 3.63) is 29.8 Å². The molecule has 0 aromatic heterocycles. The third-order valence-corrected chi connectivity index (χ3v) is 8.85. The van der Waals surface area contributed by atoms with Gasteiger partial charge in [-0.2, -0.15) is 0 Å². The zero-order valence-electron chi connectivity index (χ0n) is 18.3. The standard InChI is InChI=1S/C23H32N4O4S/c24-32(30,31)20-3-1-2-18(11-20)21(28)27-6-4-19(5-7-27)25-22(29)26-23-12-15-8-16(13-23)10-17(9-15)14-23/h1-3,11,15-17,19H,4-10,12-14H2,(H2,24,30,31)(H2,25,26,29). The Morgan fingerprint density at radius 3 is 2.16 bits per heavy atom. The molecule has 4 aliphatic carbocycles. The third-order valence-electron chi connectivity index (χ3n) is 7.94. The highest BCUT2D eigenvalue weighted by Crippen LogP contribution is 2.55. The smallest absolute Gasteiger partial charge is 0.315 e. The van der Waals surface area contributed by atoms with E-state index in [2.05, 4.69) is 10.6 Å². The fraction of sp³-hybridized carbons (Fsp3) is 0.652. The highest BCUT2D eigenvalue weighted by atomic mass is 32.2. The predicted molar refractivity (Wildman–Crippen MR) is 119 cm³/mol. The number of nitrogens with zero attached hydrogens (tertiary/aromatic N) is 1. The minimum atomic E-state index is -3.86. The first-order valence-electron chi connectivity index (χ1n) is 11.7. The fourth-order valence-corrected chi connectivity index (χ4v) is 7.50. The summed E-state index contributed by atoms with van der Waals surface area (Å²) in [6.07, 6.45) is 8.74. The van der Waals surface area contributed by atoms with Gasteiger partial charge < -0.3 is 15.5 Å². The van der Waals surface area contributed by atoms with E-state index in [0.717, 1.165) is 37.0 Å². The number of urea groups is 1. The van der Waals surface area contributed by atoms with Crippen LogP contribution >= 0.6 is 0 Å². The molecule has 4 saturated carbocycles. The first kappa shape index (κ1) is 21.7. The highest BCUT2D eigenvalue weighted by molar-refractivity contribution is 7.89. The molecule has 0 unspecified atom stereocenters. The number of rotatable bonds is 4. The van der Waals surface area contributed by atoms with Crippen LogP contribution in [0.5, 0.6) is 0 Å². The van der Waals surface area contributed by atoms with E-state index in [1.54, 1.807) is 11.0 Å². The molecule has 174 valence electrons. The first-order valence-corrected chi connectivity index (χ1v) is 13.2. The molecule has 3 amide bonds. The molecule has 32 heavy (non-hydrogen) atoms. The maximum Gasteiger partial charge on any atom is 0.315 e. The molecular formula is C23H32N4O4S. The molecule has 0 spiro atoms. The maximum atomic E-state index is 12.8. The monoisotopic (exact) mass is 460 g/mol. The van der Waals surface area contributed by atoms with Crippen molar-refractivity contribution in [1.29, 1.82) is 0 Å². The zero-order valence-corrected chi connectivity index (χ0v) is 19.1. The molecule has 5 fully saturated rings. The number of carbonyl (C=O) groups excluding carboxylic acids is 2. The van der Waals surface area contributed by atoms with Crippen LogP contribution in [0.15, 0.2) is 29.2 Å². The van der Waals surface area contributed by atoms with Crippen molar-refractivity contribution in [2.24, 2.45) is 22.9 Å². The minimum Gasteiger partial charge on any atom is -0.338 e. The van der Waals surface area contributed by atoms with E-state index in [0.29, 0.717) is 31.5 Å². The summed E-state index contributed by atoms with van der Waals surface area (Å²) in [4.78, 5) is 27.2. The van der Waals surface area contributed by atoms with Gasteiger partial charge in [0.1, 0.15) is 0 Å². The van der Waals surface area contributed by atoms with Crippen molar-refractivity contribution >= 4 is 22.0 Å². The van der Waals surface area contributed by atoms with E-state index in [1.165, 1.54) is 37.5 Å². The second-order valence-electron chi connectivity index (χ2n) is 10.4. The zero-order chi connectivity index (χ0) is 22.5. The van der Waals surface area contributed by atoms with Gasteiger partial charge in [0.05, 0.1) is 4.90 Å². The molecule has 9 heteroatoms. The second-order valence-corrected chi connectivity index (χ2v) is 12.0. The summed E-state index contributed by atoms with van der Waals surface area (Å²) >= 11 is 0. The molecule has 1 saturated heterocycles. The highest BCUT2D eigenvalue weighted by Gasteiger charge is 2.51. The Labute approximate surface area is 189 Å². The lowest BCUT2D eigenvalue weighted by atomic mass is 9.53. The van der Waals surface area contributed by atoms with Gasteiger partial charge in [-0.05, 0) is 87.3 Å². The Bertz CT molecular complexity index is 981. The van der Waals surface area contributed by atoms with Crippen LogP contribution < -0.4 is 15.8 Å². The number of primary sulfonamides is 1. The van der Waals surface area contributed by atoms with E-state index < -0.39 is 10.0 Å². The number of piperidine rings is 1. The molecule has 0 radical (unpaired) electrons. The summed E-state index contributed by atoms with van der Waals surface area (Å²) in [5.74, 6) is 2.13. The third kappa shape index (κ3) is 4.37. The summed E-state index contributed by atoms with van der Waals surface area (Å²) in [5, 5.41) is 11.7. The lowest BCUT2D eigenvalue weighted by Gasteiger charge is -2.56. The van der Waals surface area contributed by atoms with Gasteiger partial charge >= 0.3 is 6.03 Å². The summed E-state index contributed by atoms with van der Waals surface area (Å²) in [5.41, 5.74) is 0.298. The molecular weight excluding hydrogens is 428 g/mol. The Kier molecular flexibility index (Phi) is 5.44. The van der Waals surface area contributed by atoms with E-state index in [-0.39, 0.29) is 28.4 Å². The number of nitrogens with two attached hydrogens (primary N) is 1. The molecule has 4 N–H and O–H groups in total. The number of likely N-dealkylation sites (tertiary alicyclic amines) is 1. The molecule has 4 bridgehead atoms. The van der Waals surface area contributed by atoms with Crippen LogP contribution in [-0.4, -0.2) is 49.9 Å². The minimum absolute atomic E-state index is 0.0101.